The van der Waals surface area contributed by atoms with Gasteiger partial charge >= 0.3 is 0 Å². The number of halogens is 2. The maximum atomic E-state index is 9.90. The summed E-state index contributed by atoms with van der Waals surface area (Å²) in [6.07, 6.45) is 3.46. The van der Waals surface area contributed by atoms with Crippen LogP contribution in [0.4, 0.5) is 0 Å². The molecular formula is C10H7Cl2NO2. The Morgan fingerprint density at radius 2 is 2.20 bits per heavy atom. The molecule has 0 fully saturated rings. The zero-order valence-corrected chi connectivity index (χ0v) is 9.03. The summed E-state index contributed by atoms with van der Waals surface area (Å²) in [5, 5.41) is 10.7. The Morgan fingerprint density at radius 3 is 2.80 bits per heavy atom. The molecule has 0 aliphatic carbocycles. The average Bonchev–Trinajstić information content (AvgIpc) is 2.69. The molecule has 0 saturated carbocycles. The molecule has 2 heterocycles. The average molecular weight is 244 g/mol. The molecule has 0 saturated heterocycles. The molecule has 0 bridgehead atoms. The zero-order chi connectivity index (χ0) is 10.8. The van der Waals surface area contributed by atoms with Crippen LogP contribution in [0, 0.1) is 0 Å². The predicted octanol–water partition coefficient (Wildman–Crippen LogP) is 3.06. The minimum Gasteiger partial charge on any atom is -0.472 e. The van der Waals surface area contributed by atoms with Crippen LogP contribution in [0.15, 0.2) is 35.3 Å². The van der Waals surface area contributed by atoms with Gasteiger partial charge in [0.1, 0.15) is 6.10 Å². The third kappa shape index (κ3) is 2.15. The minimum atomic E-state index is -0.895. The van der Waals surface area contributed by atoms with Gasteiger partial charge in [-0.1, -0.05) is 23.2 Å². The Kier molecular flexibility index (Phi) is 2.95. The highest BCUT2D eigenvalue weighted by Gasteiger charge is 2.16. The Labute approximate surface area is 96.3 Å². The van der Waals surface area contributed by atoms with E-state index in [-0.39, 0.29) is 0 Å². The molecule has 0 amide bonds. The van der Waals surface area contributed by atoms with Crippen LogP contribution in [0.3, 0.4) is 0 Å². The summed E-state index contributed by atoms with van der Waals surface area (Å²) in [4.78, 5) is 3.98. The van der Waals surface area contributed by atoms with E-state index >= 15 is 0 Å². The van der Waals surface area contributed by atoms with Crippen LogP contribution in [0.5, 0.6) is 0 Å². The summed E-state index contributed by atoms with van der Waals surface area (Å²) in [6.45, 7) is 0. The van der Waals surface area contributed by atoms with E-state index in [1.807, 2.05) is 0 Å². The van der Waals surface area contributed by atoms with Crippen LogP contribution < -0.4 is 0 Å². The quantitative estimate of drug-likeness (QED) is 0.882. The van der Waals surface area contributed by atoms with Crippen molar-refractivity contribution in [3.8, 4) is 0 Å². The lowest BCUT2D eigenvalue weighted by atomic mass is 10.1. The predicted molar refractivity (Wildman–Crippen MR) is 57.0 cm³/mol. The number of aliphatic hydroxyl groups excluding tert-OH is 1. The molecule has 0 aromatic carbocycles. The third-order valence-corrected chi connectivity index (χ3v) is 2.46. The van der Waals surface area contributed by atoms with Crippen molar-refractivity contribution in [1.82, 2.24) is 4.98 Å². The smallest absolute Gasteiger partial charge is 0.126 e. The number of aliphatic hydroxyl groups is 1. The topological polar surface area (TPSA) is 46.3 Å². The second kappa shape index (κ2) is 4.23. The van der Waals surface area contributed by atoms with E-state index in [2.05, 4.69) is 4.98 Å². The molecule has 15 heavy (non-hydrogen) atoms. The largest absolute Gasteiger partial charge is 0.472 e. The molecule has 1 atom stereocenters. The van der Waals surface area contributed by atoms with Crippen molar-refractivity contribution in [2.24, 2.45) is 0 Å². The first-order valence-electron chi connectivity index (χ1n) is 4.19. The maximum Gasteiger partial charge on any atom is 0.126 e. The number of aromatic nitrogens is 1. The molecule has 0 aliphatic rings. The lowest BCUT2D eigenvalue weighted by molar-refractivity contribution is 0.214. The zero-order valence-electron chi connectivity index (χ0n) is 7.52. The Balaban J connectivity index is 2.38. The van der Waals surface area contributed by atoms with Crippen molar-refractivity contribution < 1.29 is 9.52 Å². The lowest BCUT2D eigenvalue weighted by Gasteiger charge is -2.09. The van der Waals surface area contributed by atoms with E-state index in [0.717, 1.165) is 0 Å². The van der Waals surface area contributed by atoms with Crippen molar-refractivity contribution in [1.29, 1.82) is 0 Å². The van der Waals surface area contributed by atoms with Gasteiger partial charge in [0.15, 0.2) is 0 Å². The van der Waals surface area contributed by atoms with Gasteiger partial charge < -0.3 is 9.52 Å². The number of hydrogen-bond acceptors (Lipinski definition) is 3. The minimum absolute atomic E-state index is 0.330. The van der Waals surface area contributed by atoms with Crippen LogP contribution >= 0.6 is 23.2 Å². The van der Waals surface area contributed by atoms with Gasteiger partial charge in [0.2, 0.25) is 0 Å². The maximum absolute atomic E-state index is 9.90. The standard InChI is InChI=1S/C10H7Cl2NO2/c11-7-3-8(12)9(13-4-7)10(14)6-1-2-15-5-6/h1-5,10,14H. The SMILES string of the molecule is OC(c1ccoc1)c1ncc(Cl)cc1Cl. The summed E-state index contributed by atoms with van der Waals surface area (Å²) in [6, 6.07) is 3.19. The first-order chi connectivity index (χ1) is 7.18. The summed E-state index contributed by atoms with van der Waals surface area (Å²) in [7, 11) is 0. The first kappa shape index (κ1) is 10.5. The molecule has 1 unspecified atom stereocenters. The van der Waals surface area contributed by atoms with E-state index in [0.29, 0.717) is 21.3 Å². The summed E-state index contributed by atoms with van der Waals surface area (Å²) >= 11 is 11.6. The van der Waals surface area contributed by atoms with E-state index in [1.165, 1.54) is 24.8 Å². The Hall–Kier alpha value is -1.03. The van der Waals surface area contributed by atoms with Crippen LogP contribution in [0.1, 0.15) is 17.4 Å². The third-order valence-electron chi connectivity index (χ3n) is 1.95. The molecule has 5 heteroatoms. The number of pyridine rings is 1. The van der Waals surface area contributed by atoms with Gasteiger partial charge in [-0.25, -0.2) is 0 Å². The van der Waals surface area contributed by atoms with E-state index in [4.69, 9.17) is 27.6 Å². The molecule has 78 valence electrons. The fourth-order valence-corrected chi connectivity index (χ4v) is 1.70. The highest BCUT2D eigenvalue weighted by atomic mass is 35.5. The van der Waals surface area contributed by atoms with Gasteiger partial charge in [-0.15, -0.1) is 0 Å². The summed E-state index contributed by atoms with van der Waals surface area (Å²) in [5.41, 5.74) is 0.967. The summed E-state index contributed by atoms with van der Waals surface area (Å²) < 4.78 is 4.86. The van der Waals surface area contributed by atoms with Crippen molar-refractivity contribution >= 4 is 23.2 Å². The molecule has 2 rings (SSSR count). The number of furan rings is 1. The fourth-order valence-electron chi connectivity index (χ4n) is 1.21. The number of hydrogen-bond donors (Lipinski definition) is 1. The van der Waals surface area contributed by atoms with Gasteiger partial charge in [-0.2, -0.15) is 0 Å². The molecular weight excluding hydrogens is 237 g/mol. The van der Waals surface area contributed by atoms with Crippen LogP contribution in [-0.2, 0) is 0 Å². The monoisotopic (exact) mass is 243 g/mol. The normalized spacial score (nSPS) is 12.7. The van der Waals surface area contributed by atoms with E-state index in [1.54, 1.807) is 6.07 Å². The Bertz CT molecular complexity index is 456. The molecule has 0 aliphatic heterocycles. The number of rotatable bonds is 2. The molecule has 1 N–H and O–H groups in total. The molecule has 2 aromatic heterocycles. The van der Waals surface area contributed by atoms with Crippen molar-refractivity contribution in [2.45, 2.75) is 6.10 Å². The van der Waals surface area contributed by atoms with Crippen molar-refractivity contribution in [3.63, 3.8) is 0 Å². The van der Waals surface area contributed by atoms with Gasteiger partial charge in [-0.05, 0) is 12.1 Å². The first-order valence-corrected chi connectivity index (χ1v) is 4.95. The summed E-state index contributed by atoms with van der Waals surface area (Å²) in [5.74, 6) is 0. The number of nitrogens with zero attached hydrogens (tertiary/aromatic N) is 1. The lowest BCUT2D eigenvalue weighted by Crippen LogP contribution is -2.01. The molecule has 3 nitrogen and oxygen atoms in total. The molecule has 0 spiro atoms. The van der Waals surface area contributed by atoms with E-state index < -0.39 is 6.10 Å². The van der Waals surface area contributed by atoms with Crippen LogP contribution in [0.25, 0.3) is 0 Å². The fraction of sp³-hybridized carbons (Fsp3) is 0.100. The second-order valence-electron chi connectivity index (χ2n) is 2.98. The molecule has 2 aromatic rings. The highest BCUT2D eigenvalue weighted by Crippen LogP contribution is 2.28. The van der Waals surface area contributed by atoms with Gasteiger partial charge in [0.05, 0.1) is 28.3 Å². The van der Waals surface area contributed by atoms with E-state index in [9.17, 15) is 5.11 Å². The van der Waals surface area contributed by atoms with Crippen molar-refractivity contribution in [2.75, 3.05) is 0 Å². The molecule has 0 radical (unpaired) electrons. The highest BCUT2D eigenvalue weighted by molar-refractivity contribution is 6.34. The van der Waals surface area contributed by atoms with Crippen LogP contribution in [0.2, 0.25) is 10.0 Å². The van der Waals surface area contributed by atoms with Gasteiger partial charge in [-0.3, -0.25) is 4.98 Å². The van der Waals surface area contributed by atoms with Crippen LogP contribution in [-0.4, -0.2) is 10.1 Å². The van der Waals surface area contributed by atoms with Gasteiger partial charge in [0.25, 0.3) is 0 Å². The van der Waals surface area contributed by atoms with Crippen molar-refractivity contribution in [3.05, 3.63) is 52.2 Å². The second-order valence-corrected chi connectivity index (χ2v) is 3.82. The Morgan fingerprint density at radius 1 is 1.40 bits per heavy atom. The van der Waals surface area contributed by atoms with Gasteiger partial charge in [0, 0.05) is 11.8 Å².